The fourth-order valence-electron chi connectivity index (χ4n) is 4.56. The summed E-state index contributed by atoms with van der Waals surface area (Å²) in [6, 6.07) is 13.2. The van der Waals surface area contributed by atoms with Crippen molar-refractivity contribution in [1.82, 2.24) is 25.4 Å². The molecule has 3 N–H and O–H groups in total. The van der Waals surface area contributed by atoms with Crippen molar-refractivity contribution in [2.24, 2.45) is 0 Å². The van der Waals surface area contributed by atoms with Crippen molar-refractivity contribution in [3.8, 4) is 0 Å². The predicted octanol–water partition coefficient (Wildman–Crippen LogP) is 4.71. The van der Waals surface area contributed by atoms with Gasteiger partial charge in [-0.2, -0.15) is 5.10 Å². The minimum atomic E-state index is -1.24. The lowest BCUT2D eigenvalue weighted by atomic mass is 9.70. The number of benzene rings is 1. The normalized spacial score (nSPS) is 21.1. The molecule has 1 fully saturated rings. The molecular weight excluding hydrogens is 603 g/mol. The van der Waals surface area contributed by atoms with Crippen LogP contribution in [-0.2, 0) is 23.0 Å². The summed E-state index contributed by atoms with van der Waals surface area (Å²) in [6.45, 7) is 0. The smallest absolute Gasteiger partial charge is 0.434 e. The number of hydrogen-bond acceptors (Lipinski definition) is 7. The molecule has 9 nitrogen and oxygen atoms in total. The summed E-state index contributed by atoms with van der Waals surface area (Å²) in [4.78, 5) is 17.2. The van der Waals surface area contributed by atoms with Crippen LogP contribution in [0.4, 0.5) is 11.6 Å². The third kappa shape index (κ3) is 5.27. The van der Waals surface area contributed by atoms with Gasteiger partial charge in [-0.05, 0) is 83.7 Å². The van der Waals surface area contributed by atoms with Crippen molar-refractivity contribution in [2.75, 3.05) is 5.32 Å². The Morgan fingerprint density at radius 3 is 2.69 bits per heavy atom. The van der Waals surface area contributed by atoms with Gasteiger partial charge >= 0.3 is 5.76 Å². The molecule has 1 saturated carbocycles. The summed E-state index contributed by atoms with van der Waals surface area (Å²) in [5.74, 6) is 1.11. The molecule has 0 radical (unpaired) electrons. The predicted molar refractivity (Wildman–Crippen MR) is 141 cm³/mol. The first-order valence-corrected chi connectivity index (χ1v) is 13.7. The van der Waals surface area contributed by atoms with Gasteiger partial charge in [-0.15, -0.1) is 5.10 Å². The van der Waals surface area contributed by atoms with E-state index in [1.54, 1.807) is 6.20 Å². The van der Waals surface area contributed by atoms with Crippen LogP contribution in [0, 0.1) is 3.57 Å². The SMILES string of the molecule is O=c1[nH]nc([C@]2(Cc3cccc(Nc4cc[nH]n4)n3)CC[C@@H]([S+]([O-])c3cccc(I)c3Cl)CC2)o1. The van der Waals surface area contributed by atoms with E-state index in [1.807, 2.05) is 42.5 Å². The van der Waals surface area contributed by atoms with Gasteiger partial charge < -0.3 is 14.3 Å². The Morgan fingerprint density at radius 1 is 1.17 bits per heavy atom. The first-order chi connectivity index (χ1) is 16.9. The Hall–Kier alpha value is -2.35. The number of rotatable bonds is 7. The van der Waals surface area contributed by atoms with E-state index in [1.165, 1.54) is 0 Å². The van der Waals surface area contributed by atoms with Gasteiger partial charge in [-0.3, -0.25) is 5.10 Å². The Bertz CT molecular complexity index is 1350. The highest BCUT2D eigenvalue weighted by molar-refractivity contribution is 14.1. The van der Waals surface area contributed by atoms with Gasteiger partial charge in [-0.1, -0.05) is 23.7 Å². The van der Waals surface area contributed by atoms with Crippen LogP contribution in [0.15, 0.2) is 62.8 Å². The van der Waals surface area contributed by atoms with Gasteiger partial charge in [0.1, 0.15) is 16.1 Å². The molecule has 1 atom stereocenters. The number of nitrogens with zero attached hydrogens (tertiary/aromatic N) is 3. The standard InChI is InChI=1S/C23H22ClIN6O3S/c24-20-16(25)4-2-5-17(20)35(33)15-7-10-23(11-8-15,21-30-31-22(32)34-21)13-14-3-1-6-18(27-14)28-19-9-12-26-29-19/h1-6,9,12,15H,7-8,10-11,13H2,(H,31,32)(H2,26,27,28,29)/t15-,23-,35?. The first kappa shape index (κ1) is 24.3. The molecular formula is C23H22ClIN6O3S. The maximum Gasteiger partial charge on any atom is 0.434 e. The van der Waals surface area contributed by atoms with Crippen LogP contribution in [0.2, 0.25) is 5.02 Å². The Morgan fingerprint density at radius 2 is 1.97 bits per heavy atom. The van der Waals surface area contributed by atoms with Crippen LogP contribution < -0.4 is 11.1 Å². The first-order valence-electron chi connectivity index (χ1n) is 11.1. The van der Waals surface area contributed by atoms with Crippen LogP contribution in [0.25, 0.3) is 0 Å². The molecule has 1 aromatic carbocycles. The lowest BCUT2D eigenvalue weighted by molar-refractivity contribution is 0.228. The van der Waals surface area contributed by atoms with E-state index >= 15 is 0 Å². The topological polar surface area (TPSA) is 136 Å². The molecule has 12 heteroatoms. The Balaban J connectivity index is 1.38. The third-order valence-electron chi connectivity index (χ3n) is 6.30. The average Bonchev–Trinajstić information content (AvgIpc) is 3.53. The highest BCUT2D eigenvalue weighted by atomic mass is 127. The summed E-state index contributed by atoms with van der Waals surface area (Å²) in [5.41, 5.74) is 0.295. The van der Waals surface area contributed by atoms with Gasteiger partial charge in [-0.25, -0.2) is 14.9 Å². The van der Waals surface area contributed by atoms with Gasteiger partial charge in [0.2, 0.25) is 5.89 Å². The number of anilines is 2. The number of aromatic amines is 2. The second-order valence-electron chi connectivity index (χ2n) is 8.52. The van der Waals surface area contributed by atoms with Crippen LogP contribution in [0.3, 0.4) is 0 Å². The largest absolute Gasteiger partial charge is 0.611 e. The molecule has 1 aliphatic rings. The zero-order chi connectivity index (χ0) is 24.4. The van der Waals surface area contributed by atoms with Crippen LogP contribution in [0.5, 0.6) is 0 Å². The molecule has 3 aromatic heterocycles. The average molecular weight is 625 g/mol. The molecule has 0 spiro atoms. The zero-order valence-corrected chi connectivity index (χ0v) is 22.2. The van der Waals surface area contributed by atoms with E-state index in [-0.39, 0.29) is 5.25 Å². The second kappa shape index (κ2) is 10.3. The molecule has 1 unspecified atom stereocenters. The van der Waals surface area contributed by atoms with Crippen molar-refractivity contribution < 1.29 is 8.97 Å². The fraction of sp³-hybridized carbons (Fsp3) is 0.304. The molecule has 5 rings (SSSR count). The lowest BCUT2D eigenvalue weighted by Crippen LogP contribution is -2.39. The molecule has 0 amide bonds. The summed E-state index contributed by atoms with van der Waals surface area (Å²) in [5, 5.41) is 17.1. The van der Waals surface area contributed by atoms with Crippen LogP contribution >= 0.6 is 34.2 Å². The quantitative estimate of drug-likeness (QED) is 0.200. The highest BCUT2D eigenvalue weighted by Crippen LogP contribution is 2.44. The van der Waals surface area contributed by atoms with E-state index in [2.05, 4.69) is 48.3 Å². The summed E-state index contributed by atoms with van der Waals surface area (Å²) in [7, 11) is 0. The van der Waals surface area contributed by atoms with Gasteiger partial charge in [0.25, 0.3) is 0 Å². The van der Waals surface area contributed by atoms with Crippen molar-refractivity contribution in [3.05, 3.63) is 79.4 Å². The van der Waals surface area contributed by atoms with E-state index in [9.17, 15) is 9.35 Å². The van der Waals surface area contributed by atoms with Crippen LogP contribution in [-0.4, -0.2) is 35.2 Å². The van der Waals surface area contributed by atoms with Crippen molar-refractivity contribution >= 4 is 57.0 Å². The van der Waals surface area contributed by atoms with E-state index in [0.717, 1.165) is 9.26 Å². The van der Waals surface area contributed by atoms with Gasteiger partial charge in [0.05, 0.1) is 5.41 Å². The minimum absolute atomic E-state index is 0.0508. The number of pyridine rings is 1. The van der Waals surface area contributed by atoms with E-state index in [4.69, 9.17) is 21.0 Å². The minimum Gasteiger partial charge on any atom is -0.611 e. The maximum absolute atomic E-state index is 13.4. The third-order valence-corrected chi connectivity index (χ3v) is 9.89. The maximum atomic E-state index is 13.4. The summed E-state index contributed by atoms with van der Waals surface area (Å²) < 4.78 is 19.7. The number of halogens is 2. The molecule has 35 heavy (non-hydrogen) atoms. The van der Waals surface area contributed by atoms with E-state index in [0.29, 0.717) is 59.5 Å². The van der Waals surface area contributed by atoms with Crippen molar-refractivity contribution in [2.45, 2.75) is 47.7 Å². The van der Waals surface area contributed by atoms with Crippen molar-refractivity contribution in [1.29, 1.82) is 0 Å². The fourth-order valence-corrected chi connectivity index (χ4v) is 7.11. The van der Waals surface area contributed by atoms with Crippen LogP contribution in [0.1, 0.15) is 37.3 Å². The monoisotopic (exact) mass is 624 g/mol. The molecule has 4 aromatic rings. The van der Waals surface area contributed by atoms with E-state index < -0.39 is 22.3 Å². The van der Waals surface area contributed by atoms with Gasteiger partial charge in [0.15, 0.2) is 10.7 Å². The second-order valence-corrected chi connectivity index (χ2v) is 11.8. The molecule has 0 saturated heterocycles. The van der Waals surface area contributed by atoms with Gasteiger partial charge in [0, 0.05) is 27.9 Å². The molecule has 182 valence electrons. The summed E-state index contributed by atoms with van der Waals surface area (Å²) in [6.07, 6.45) is 4.91. The number of nitrogens with one attached hydrogen (secondary N) is 3. The zero-order valence-electron chi connectivity index (χ0n) is 18.5. The number of aromatic nitrogens is 5. The Labute approximate surface area is 222 Å². The lowest BCUT2D eigenvalue weighted by Gasteiger charge is -2.37. The molecule has 0 bridgehead atoms. The highest BCUT2D eigenvalue weighted by Gasteiger charge is 2.45. The molecule has 3 heterocycles. The molecule has 1 aliphatic carbocycles. The number of hydrogen-bond donors (Lipinski definition) is 3. The molecule has 0 aliphatic heterocycles. The Kier molecular flexibility index (Phi) is 7.19. The number of H-pyrrole nitrogens is 2. The van der Waals surface area contributed by atoms with Crippen molar-refractivity contribution in [3.63, 3.8) is 0 Å². The summed E-state index contributed by atoms with van der Waals surface area (Å²) >= 11 is 7.37.